The largest absolute Gasteiger partial charge is 0.494 e. The molecule has 0 aromatic heterocycles. The van der Waals surface area contributed by atoms with E-state index in [1.165, 1.54) is 4.31 Å². The number of sulfonamides is 1. The molecule has 174 valence electrons. The average molecular weight is 455 g/mol. The van der Waals surface area contributed by atoms with Gasteiger partial charge in [0.15, 0.2) is 4.75 Å². The van der Waals surface area contributed by atoms with Gasteiger partial charge < -0.3 is 19.1 Å². The molecule has 3 rings (SSSR count). The van der Waals surface area contributed by atoms with Crippen molar-refractivity contribution in [1.29, 1.82) is 0 Å². The van der Waals surface area contributed by atoms with E-state index >= 15 is 0 Å². The molecular weight excluding hydrogens is 420 g/mol. The second-order valence-electron chi connectivity index (χ2n) is 8.93. The highest BCUT2D eigenvalue weighted by atomic mass is 32.2. The van der Waals surface area contributed by atoms with Crippen LogP contribution in [0.25, 0.3) is 0 Å². The summed E-state index contributed by atoms with van der Waals surface area (Å²) in [5, 5.41) is 0. The molecule has 1 aromatic rings. The van der Waals surface area contributed by atoms with Crippen LogP contribution < -0.4 is 9.64 Å². The summed E-state index contributed by atoms with van der Waals surface area (Å²) in [6.45, 7) is 10.00. The molecule has 2 aliphatic rings. The highest BCUT2D eigenvalue weighted by molar-refractivity contribution is 7.91. The summed E-state index contributed by atoms with van der Waals surface area (Å²) >= 11 is 0. The van der Waals surface area contributed by atoms with E-state index in [0.29, 0.717) is 32.8 Å². The molecule has 0 unspecified atom stereocenters. The summed E-state index contributed by atoms with van der Waals surface area (Å²) in [5.41, 5.74) is 0.262. The normalized spacial score (nSPS) is 20.3. The van der Waals surface area contributed by atoms with Crippen molar-refractivity contribution in [1.82, 2.24) is 4.31 Å². The average Bonchev–Trinajstić information content (AvgIpc) is 2.74. The Kier molecular flexibility index (Phi) is 7.18. The first kappa shape index (κ1) is 23.8. The maximum atomic E-state index is 13.7. The second kappa shape index (κ2) is 9.34. The monoisotopic (exact) mass is 454 g/mol. The third-order valence-corrected chi connectivity index (χ3v) is 8.26. The lowest BCUT2D eigenvalue weighted by Gasteiger charge is -2.42. The maximum Gasteiger partial charge on any atom is 0.329 e. The zero-order valence-electron chi connectivity index (χ0n) is 18.9. The van der Waals surface area contributed by atoms with Gasteiger partial charge in [-0.3, -0.25) is 4.79 Å². The Hall–Kier alpha value is -1.84. The molecule has 0 N–H and O–H groups in total. The van der Waals surface area contributed by atoms with E-state index in [9.17, 15) is 13.2 Å². The van der Waals surface area contributed by atoms with Crippen LogP contribution in [0.3, 0.4) is 0 Å². The third-order valence-electron chi connectivity index (χ3n) is 5.66. The number of esters is 1. The molecule has 0 saturated carbocycles. The second-order valence-corrected chi connectivity index (χ2v) is 11.2. The fourth-order valence-corrected chi connectivity index (χ4v) is 6.07. The van der Waals surface area contributed by atoms with Crippen molar-refractivity contribution in [2.45, 2.75) is 50.9 Å². The number of hydrogen-bond donors (Lipinski definition) is 0. The molecule has 2 heterocycles. The first-order chi connectivity index (χ1) is 14.6. The van der Waals surface area contributed by atoms with Crippen molar-refractivity contribution in [2.24, 2.45) is 0 Å². The number of rotatable bonds is 6. The molecule has 2 fully saturated rings. The fraction of sp³-hybridized carbons (Fsp3) is 0.682. The number of anilines is 1. The first-order valence-corrected chi connectivity index (χ1v) is 12.3. The number of carbonyl (C=O) groups is 1. The molecule has 0 bridgehead atoms. The quantitative estimate of drug-likeness (QED) is 0.610. The highest BCUT2D eigenvalue weighted by Crippen LogP contribution is 2.36. The first-order valence-electron chi connectivity index (χ1n) is 10.9. The van der Waals surface area contributed by atoms with Gasteiger partial charge in [0.05, 0.1) is 6.61 Å². The van der Waals surface area contributed by atoms with Crippen LogP contribution in [0.4, 0.5) is 5.69 Å². The summed E-state index contributed by atoms with van der Waals surface area (Å²) in [6, 6.07) is 7.80. The summed E-state index contributed by atoms with van der Waals surface area (Å²) in [7, 11) is -3.91. The van der Waals surface area contributed by atoms with Crippen LogP contribution in [-0.4, -0.2) is 75.0 Å². The fourth-order valence-electron chi connectivity index (χ4n) is 3.99. The smallest absolute Gasteiger partial charge is 0.329 e. The molecule has 9 heteroatoms. The zero-order valence-corrected chi connectivity index (χ0v) is 19.7. The highest BCUT2D eigenvalue weighted by Gasteiger charge is 2.56. The molecule has 0 aliphatic carbocycles. The van der Waals surface area contributed by atoms with E-state index in [-0.39, 0.29) is 26.1 Å². The summed E-state index contributed by atoms with van der Waals surface area (Å²) in [4.78, 5) is 15.2. The molecule has 0 amide bonds. The molecule has 2 saturated heterocycles. The van der Waals surface area contributed by atoms with Crippen molar-refractivity contribution in [3.63, 3.8) is 0 Å². The van der Waals surface area contributed by atoms with Crippen LogP contribution in [0.1, 0.15) is 40.5 Å². The number of ether oxygens (including phenoxy) is 3. The van der Waals surface area contributed by atoms with Gasteiger partial charge in [0.2, 0.25) is 10.0 Å². The molecule has 8 nitrogen and oxygen atoms in total. The van der Waals surface area contributed by atoms with E-state index in [0.717, 1.165) is 11.4 Å². The molecule has 0 spiro atoms. The number of nitrogens with zero attached hydrogens (tertiary/aromatic N) is 2. The Morgan fingerprint density at radius 3 is 2.16 bits per heavy atom. The Morgan fingerprint density at radius 1 is 1.06 bits per heavy atom. The van der Waals surface area contributed by atoms with Crippen LogP contribution in [0.15, 0.2) is 24.3 Å². The van der Waals surface area contributed by atoms with Crippen LogP contribution >= 0.6 is 0 Å². The molecular formula is C22H34N2O6S. The summed E-state index contributed by atoms with van der Waals surface area (Å²) < 4.78 is 43.7. The molecule has 31 heavy (non-hydrogen) atoms. The van der Waals surface area contributed by atoms with Crippen molar-refractivity contribution < 1.29 is 27.4 Å². The van der Waals surface area contributed by atoms with Gasteiger partial charge in [0, 0.05) is 57.9 Å². The SMILES string of the molecule is CCOc1ccc(N2CCN(S(=O)(=O)C3(C(=O)OC(C)(C)C)CCOCC3)CC2)cc1. The molecule has 0 radical (unpaired) electrons. The van der Waals surface area contributed by atoms with E-state index in [1.807, 2.05) is 31.2 Å². The Bertz CT molecular complexity index is 849. The van der Waals surface area contributed by atoms with Crippen LogP contribution in [0.5, 0.6) is 5.75 Å². The van der Waals surface area contributed by atoms with Gasteiger partial charge >= 0.3 is 5.97 Å². The van der Waals surface area contributed by atoms with Gasteiger partial charge in [-0.15, -0.1) is 0 Å². The number of benzene rings is 1. The number of carbonyl (C=O) groups excluding carboxylic acids is 1. The zero-order chi connectivity index (χ0) is 22.7. The predicted octanol–water partition coefficient (Wildman–Crippen LogP) is 2.43. The van der Waals surface area contributed by atoms with E-state index < -0.39 is 26.3 Å². The van der Waals surface area contributed by atoms with Crippen LogP contribution in [0.2, 0.25) is 0 Å². The third kappa shape index (κ3) is 5.15. The minimum atomic E-state index is -3.91. The minimum absolute atomic E-state index is 0.114. The number of piperazine rings is 1. The van der Waals surface area contributed by atoms with E-state index in [4.69, 9.17) is 14.2 Å². The van der Waals surface area contributed by atoms with Gasteiger partial charge in [-0.05, 0) is 52.0 Å². The Morgan fingerprint density at radius 2 is 1.65 bits per heavy atom. The lowest BCUT2D eigenvalue weighted by Crippen LogP contribution is -2.61. The van der Waals surface area contributed by atoms with Gasteiger partial charge in [0.25, 0.3) is 0 Å². The predicted molar refractivity (Wildman–Crippen MR) is 119 cm³/mol. The lowest BCUT2D eigenvalue weighted by molar-refractivity contribution is -0.161. The standard InChI is InChI=1S/C22H34N2O6S/c1-5-29-19-8-6-18(7-9-19)23-12-14-24(15-13-23)31(26,27)22(10-16-28-17-11-22)20(25)30-21(2,3)4/h6-9H,5,10-17H2,1-4H3. The van der Waals surface area contributed by atoms with Crippen molar-refractivity contribution in [3.8, 4) is 5.75 Å². The minimum Gasteiger partial charge on any atom is -0.494 e. The van der Waals surface area contributed by atoms with Crippen molar-refractivity contribution >= 4 is 21.7 Å². The van der Waals surface area contributed by atoms with Gasteiger partial charge in [-0.2, -0.15) is 4.31 Å². The van der Waals surface area contributed by atoms with E-state index in [1.54, 1.807) is 20.8 Å². The number of hydrogen-bond acceptors (Lipinski definition) is 7. The molecule has 2 aliphatic heterocycles. The molecule has 1 aromatic carbocycles. The van der Waals surface area contributed by atoms with Gasteiger partial charge in [0.1, 0.15) is 11.4 Å². The summed E-state index contributed by atoms with van der Waals surface area (Å²) in [5.74, 6) is 0.142. The van der Waals surface area contributed by atoms with Crippen LogP contribution in [0, 0.1) is 0 Å². The van der Waals surface area contributed by atoms with Crippen molar-refractivity contribution in [2.75, 3.05) is 50.9 Å². The Labute approximate surface area is 185 Å². The lowest BCUT2D eigenvalue weighted by atomic mass is 9.99. The molecule has 0 atom stereocenters. The maximum absolute atomic E-state index is 13.7. The Balaban J connectivity index is 1.74. The van der Waals surface area contributed by atoms with Gasteiger partial charge in [-0.25, -0.2) is 8.42 Å². The topological polar surface area (TPSA) is 85.4 Å². The summed E-state index contributed by atoms with van der Waals surface area (Å²) in [6.07, 6.45) is 0.229. The van der Waals surface area contributed by atoms with E-state index in [2.05, 4.69) is 4.90 Å². The van der Waals surface area contributed by atoms with Crippen molar-refractivity contribution in [3.05, 3.63) is 24.3 Å². The van der Waals surface area contributed by atoms with Crippen LogP contribution in [-0.2, 0) is 24.3 Å². The van der Waals surface area contributed by atoms with Gasteiger partial charge in [-0.1, -0.05) is 0 Å².